The highest BCUT2D eigenvalue weighted by molar-refractivity contribution is 7.89. The third-order valence-corrected chi connectivity index (χ3v) is 4.61. The van der Waals surface area contributed by atoms with E-state index in [0.717, 1.165) is 18.7 Å². The molecule has 1 saturated carbocycles. The molecule has 2 unspecified atom stereocenters. The van der Waals surface area contributed by atoms with E-state index in [9.17, 15) is 8.42 Å². The summed E-state index contributed by atoms with van der Waals surface area (Å²) in [5, 5.41) is 13.0. The molecule has 0 radical (unpaired) electrons. The van der Waals surface area contributed by atoms with E-state index in [1.54, 1.807) is 4.57 Å². The molecule has 0 aliphatic heterocycles. The SMILES string of the molecule is CCCn1c(C2CC2c2ccccc2)nnc1S(N)(=O)=O. The van der Waals surface area contributed by atoms with Gasteiger partial charge in [-0.15, -0.1) is 10.2 Å². The molecule has 112 valence electrons. The Hall–Kier alpha value is -1.73. The summed E-state index contributed by atoms with van der Waals surface area (Å²) in [6, 6.07) is 10.2. The van der Waals surface area contributed by atoms with Crippen molar-refractivity contribution in [3.63, 3.8) is 0 Å². The van der Waals surface area contributed by atoms with Gasteiger partial charge in [-0.3, -0.25) is 0 Å². The first-order valence-electron chi connectivity index (χ1n) is 7.03. The molecule has 7 heteroatoms. The van der Waals surface area contributed by atoms with Crippen LogP contribution in [0.3, 0.4) is 0 Å². The number of aromatic nitrogens is 3. The van der Waals surface area contributed by atoms with E-state index in [4.69, 9.17) is 5.14 Å². The molecule has 2 N–H and O–H groups in total. The van der Waals surface area contributed by atoms with Crippen LogP contribution in [0.2, 0.25) is 0 Å². The molecule has 0 saturated heterocycles. The maximum atomic E-state index is 11.6. The minimum absolute atomic E-state index is 0.127. The van der Waals surface area contributed by atoms with Crippen LogP contribution in [0.25, 0.3) is 0 Å². The fourth-order valence-electron chi connectivity index (χ4n) is 2.77. The predicted molar refractivity (Wildman–Crippen MR) is 78.2 cm³/mol. The Morgan fingerprint density at radius 1 is 1.24 bits per heavy atom. The molecule has 3 rings (SSSR count). The maximum Gasteiger partial charge on any atom is 0.273 e. The highest BCUT2D eigenvalue weighted by atomic mass is 32.2. The molecule has 2 aromatic rings. The van der Waals surface area contributed by atoms with Crippen LogP contribution < -0.4 is 5.14 Å². The van der Waals surface area contributed by atoms with E-state index < -0.39 is 10.0 Å². The smallest absolute Gasteiger partial charge is 0.273 e. The zero-order chi connectivity index (χ0) is 15.0. The number of hydrogen-bond donors (Lipinski definition) is 1. The van der Waals surface area contributed by atoms with Crippen LogP contribution in [-0.4, -0.2) is 23.2 Å². The van der Waals surface area contributed by atoms with Crippen LogP contribution in [0.1, 0.15) is 43.0 Å². The molecule has 6 nitrogen and oxygen atoms in total. The van der Waals surface area contributed by atoms with Gasteiger partial charge in [-0.1, -0.05) is 37.3 Å². The Morgan fingerprint density at radius 2 is 1.95 bits per heavy atom. The number of rotatable bonds is 5. The van der Waals surface area contributed by atoms with E-state index in [2.05, 4.69) is 22.3 Å². The van der Waals surface area contributed by atoms with Gasteiger partial charge in [0.1, 0.15) is 5.82 Å². The van der Waals surface area contributed by atoms with E-state index in [1.165, 1.54) is 5.56 Å². The molecular formula is C14H18N4O2S. The molecule has 1 fully saturated rings. The number of hydrogen-bond acceptors (Lipinski definition) is 4. The van der Waals surface area contributed by atoms with E-state index in [1.807, 2.05) is 25.1 Å². The van der Waals surface area contributed by atoms with Gasteiger partial charge >= 0.3 is 0 Å². The zero-order valence-corrected chi connectivity index (χ0v) is 12.6. The first kappa shape index (κ1) is 14.2. The lowest BCUT2D eigenvalue weighted by Gasteiger charge is -2.07. The summed E-state index contributed by atoms with van der Waals surface area (Å²) >= 11 is 0. The third kappa shape index (κ3) is 2.71. The molecule has 0 amide bonds. The molecule has 21 heavy (non-hydrogen) atoms. The van der Waals surface area contributed by atoms with E-state index in [-0.39, 0.29) is 11.1 Å². The van der Waals surface area contributed by atoms with Gasteiger partial charge in [-0.25, -0.2) is 13.6 Å². The second kappa shape index (κ2) is 5.23. The Balaban J connectivity index is 1.92. The lowest BCUT2D eigenvalue weighted by atomic mass is 10.1. The number of primary sulfonamides is 1. The van der Waals surface area contributed by atoms with Gasteiger partial charge in [-0.05, 0) is 24.3 Å². The molecule has 1 aliphatic rings. The molecule has 0 spiro atoms. The van der Waals surface area contributed by atoms with Crippen molar-refractivity contribution in [2.75, 3.05) is 0 Å². The van der Waals surface area contributed by atoms with Gasteiger partial charge in [0, 0.05) is 12.5 Å². The van der Waals surface area contributed by atoms with Gasteiger partial charge in [0.15, 0.2) is 0 Å². The molecular weight excluding hydrogens is 288 g/mol. The Morgan fingerprint density at radius 3 is 2.57 bits per heavy atom. The number of nitrogens with two attached hydrogens (primary N) is 1. The van der Waals surface area contributed by atoms with Crippen LogP contribution in [0.5, 0.6) is 0 Å². The quantitative estimate of drug-likeness (QED) is 0.908. The zero-order valence-electron chi connectivity index (χ0n) is 11.8. The summed E-state index contributed by atoms with van der Waals surface area (Å²) in [5.74, 6) is 1.34. The molecule has 1 aromatic carbocycles. The monoisotopic (exact) mass is 306 g/mol. The normalized spacial score (nSPS) is 21.4. The van der Waals surface area contributed by atoms with Crippen LogP contribution >= 0.6 is 0 Å². The Bertz CT molecular complexity index is 740. The summed E-state index contributed by atoms with van der Waals surface area (Å²) in [6.07, 6.45) is 1.77. The van der Waals surface area contributed by atoms with Crippen molar-refractivity contribution in [3.05, 3.63) is 41.7 Å². The number of nitrogens with zero attached hydrogens (tertiary/aromatic N) is 3. The molecule has 1 aromatic heterocycles. The van der Waals surface area contributed by atoms with Crippen molar-refractivity contribution in [2.45, 2.75) is 43.3 Å². The predicted octanol–water partition coefficient (Wildman–Crippen LogP) is 1.61. The van der Waals surface area contributed by atoms with E-state index in [0.29, 0.717) is 12.5 Å². The van der Waals surface area contributed by atoms with Gasteiger partial charge in [-0.2, -0.15) is 0 Å². The molecule has 1 aliphatic carbocycles. The highest BCUT2D eigenvalue weighted by Gasteiger charge is 2.43. The maximum absolute atomic E-state index is 11.6. The van der Waals surface area contributed by atoms with Gasteiger partial charge in [0.2, 0.25) is 0 Å². The molecule has 2 atom stereocenters. The van der Waals surface area contributed by atoms with Crippen molar-refractivity contribution >= 4 is 10.0 Å². The fraction of sp³-hybridized carbons (Fsp3) is 0.429. The van der Waals surface area contributed by atoms with Crippen LogP contribution in [0.15, 0.2) is 35.5 Å². The summed E-state index contributed by atoms with van der Waals surface area (Å²) in [4.78, 5) is 0. The van der Waals surface area contributed by atoms with Crippen LogP contribution in [0.4, 0.5) is 0 Å². The lowest BCUT2D eigenvalue weighted by Crippen LogP contribution is -2.19. The number of benzene rings is 1. The standard InChI is InChI=1S/C14H18N4O2S/c1-2-8-18-13(16-17-14(18)21(15,19)20)12-9-11(12)10-6-4-3-5-7-10/h3-7,11-12H,2,8-9H2,1H3,(H2,15,19,20). The molecule has 0 bridgehead atoms. The largest absolute Gasteiger partial charge is 0.301 e. The van der Waals surface area contributed by atoms with Crippen LogP contribution in [-0.2, 0) is 16.6 Å². The van der Waals surface area contributed by atoms with Crippen molar-refractivity contribution in [1.29, 1.82) is 0 Å². The first-order chi connectivity index (χ1) is 10.0. The third-order valence-electron chi connectivity index (χ3n) is 3.80. The van der Waals surface area contributed by atoms with Crippen molar-refractivity contribution in [2.24, 2.45) is 5.14 Å². The van der Waals surface area contributed by atoms with Crippen molar-refractivity contribution < 1.29 is 8.42 Å². The van der Waals surface area contributed by atoms with Gasteiger partial charge in [0.05, 0.1) is 0 Å². The van der Waals surface area contributed by atoms with Crippen LogP contribution in [0, 0.1) is 0 Å². The second-order valence-corrected chi connectivity index (χ2v) is 6.85. The Labute approximate surface area is 124 Å². The summed E-state index contributed by atoms with van der Waals surface area (Å²) < 4.78 is 24.8. The van der Waals surface area contributed by atoms with Crippen molar-refractivity contribution in [1.82, 2.24) is 14.8 Å². The first-order valence-corrected chi connectivity index (χ1v) is 8.58. The minimum atomic E-state index is -3.83. The Kier molecular flexibility index (Phi) is 3.54. The fourth-order valence-corrected chi connectivity index (χ4v) is 3.41. The number of sulfonamides is 1. The molecule has 1 heterocycles. The average Bonchev–Trinajstić information content (AvgIpc) is 3.13. The van der Waals surface area contributed by atoms with Gasteiger partial charge < -0.3 is 4.57 Å². The lowest BCUT2D eigenvalue weighted by molar-refractivity contribution is 0.547. The second-order valence-electron chi connectivity index (χ2n) is 5.40. The topological polar surface area (TPSA) is 90.9 Å². The summed E-state index contributed by atoms with van der Waals surface area (Å²) in [7, 11) is -3.83. The minimum Gasteiger partial charge on any atom is -0.301 e. The summed E-state index contributed by atoms with van der Waals surface area (Å²) in [5.41, 5.74) is 1.26. The van der Waals surface area contributed by atoms with Gasteiger partial charge in [0.25, 0.3) is 15.2 Å². The highest BCUT2D eigenvalue weighted by Crippen LogP contribution is 2.54. The summed E-state index contributed by atoms with van der Waals surface area (Å²) in [6.45, 7) is 2.55. The average molecular weight is 306 g/mol. The van der Waals surface area contributed by atoms with E-state index >= 15 is 0 Å². The van der Waals surface area contributed by atoms with Crippen molar-refractivity contribution in [3.8, 4) is 0 Å².